The van der Waals surface area contributed by atoms with Crippen molar-refractivity contribution >= 4 is 17.8 Å². The lowest BCUT2D eigenvalue weighted by Crippen LogP contribution is -2.46. The van der Waals surface area contributed by atoms with Crippen molar-refractivity contribution < 1.29 is 33.3 Å². The van der Waals surface area contributed by atoms with Gasteiger partial charge in [0.05, 0.1) is 19.8 Å². The van der Waals surface area contributed by atoms with Gasteiger partial charge in [0.2, 0.25) is 0 Å². The van der Waals surface area contributed by atoms with E-state index in [-0.39, 0.29) is 25.7 Å². The molecule has 5 atom stereocenters. The fourth-order valence-electron chi connectivity index (χ4n) is 4.43. The number of hydrogen-bond donors (Lipinski definition) is 0. The Kier molecular flexibility index (Phi) is 7.05. The molecule has 2 aromatic carbocycles. The maximum atomic E-state index is 13.3. The van der Waals surface area contributed by atoms with Crippen LogP contribution in [0.25, 0.3) is 0 Å². The van der Waals surface area contributed by atoms with Gasteiger partial charge >= 0.3 is 11.9 Å². The minimum atomic E-state index is -0.879. The summed E-state index contributed by atoms with van der Waals surface area (Å²) in [4.78, 5) is 38.3. The van der Waals surface area contributed by atoms with Crippen molar-refractivity contribution in [2.75, 3.05) is 6.54 Å². The van der Waals surface area contributed by atoms with E-state index in [9.17, 15) is 14.4 Å². The summed E-state index contributed by atoms with van der Waals surface area (Å²) in [5, 5.41) is 0. The molecule has 2 aliphatic heterocycles. The highest BCUT2D eigenvalue weighted by Crippen LogP contribution is 2.37. The Bertz CT molecular complexity index is 981. The van der Waals surface area contributed by atoms with Crippen LogP contribution in [0.1, 0.15) is 25.0 Å². The van der Waals surface area contributed by atoms with E-state index in [1.807, 2.05) is 60.7 Å². The van der Waals surface area contributed by atoms with Gasteiger partial charge in [-0.25, -0.2) is 0 Å². The van der Waals surface area contributed by atoms with Gasteiger partial charge in [0.1, 0.15) is 12.1 Å². The molecular formula is C25H27NO7. The highest BCUT2D eigenvalue weighted by atomic mass is 16.6. The Labute approximate surface area is 192 Å². The molecule has 2 aliphatic rings. The van der Waals surface area contributed by atoms with E-state index < -0.39 is 42.4 Å². The normalized spacial score (nSPS) is 26.2. The van der Waals surface area contributed by atoms with Crippen LogP contribution in [0.4, 0.5) is 0 Å². The number of carbonyl (C=O) groups is 3. The van der Waals surface area contributed by atoms with Gasteiger partial charge in [0, 0.05) is 13.8 Å². The lowest BCUT2D eigenvalue weighted by atomic mass is 10.0. The van der Waals surface area contributed by atoms with Crippen molar-refractivity contribution in [1.82, 2.24) is 4.90 Å². The number of amides is 1. The predicted octanol–water partition coefficient (Wildman–Crippen LogP) is 2.25. The molecule has 2 aromatic rings. The first-order valence-corrected chi connectivity index (χ1v) is 10.9. The molecule has 8 nitrogen and oxygen atoms in total. The topological polar surface area (TPSA) is 91.4 Å². The van der Waals surface area contributed by atoms with Crippen LogP contribution in [-0.4, -0.2) is 59.7 Å². The SMILES string of the molecule is CC(=O)O[C@@H]1[C@H]2[C@H](OCc3ccccc3)[C@@H](OCc3ccccc3)C(=O)N2C[C@@H]1OC(C)=O. The van der Waals surface area contributed by atoms with Crippen molar-refractivity contribution in [2.45, 2.75) is 57.5 Å². The molecule has 33 heavy (non-hydrogen) atoms. The zero-order chi connectivity index (χ0) is 23.4. The van der Waals surface area contributed by atoms with Crippen LogP contribution in [0.5, 0.6) is 0 Å². The fourth-order valence-corrected chi connectivity index (χ4v) is 4.43. The number of benzene rings is 2. The van der Waals surface area contributed by atoms with Crippen LogP contribution < -0.4 is 0 Å². The molecule has 0 unspecified atom stereocenters. The third kappa shape index (κ3) is 5.23. The molecule has 2 heterocycles. The smallest absolute Gasteiger partial charge is 0.303 e. The standard InChI is InChI=1S/C25H27NO7/c1-16(27)32-20-13-26-21(22(20)33-17(2)28)23(30-14-18-9-5-3-6-10-18)24(25(26)29)31-15-19-11-7-4-8-12-19/h3-12,20-24H,13-15H2,1-2H3/t20-,21-,22-,23-,24+/m0/s1. The van der Waals surface area contributed by atoms with Crippen molar-refractivity contribution in [3.8, 4) is 0 Å². The first-order valence-electron chi connectivity index (χ1n) is 10.9. The molecule has 0 bridgehead atoms. The Balaban J connectivity index is 1.59. The van der Waals surface area contributed by atoms with Gasteiger partial charge in [-0.2, -0.15) is 0 Å². The summed E-state index contributed by atoms with van der Waals surface area (Å²) in [6, 6.07) is 18.5. The van der Waals surface area contributed by atoms with Gasteiger partial charge in [-0.15, -0.1) is 0 Å². The lowest BCUT2D eigenvalue weighted by Gasteiger charge is -2.28. The second-order valence-corrected chi connectivity index (χ2v) is 8.18. The quantitative estimate of drug-likeness (QED) is 0.566. The van der Waals surface area contributed by atoms with Gasteiger partial charge in [0.25, 0.3) is 5.91 Å². The Morgan fingerprint density at radius 2 is 1.36 bits per heavy atom. The summed E-state index contributed by atoms with van der Waals surface area (Å²) in [5.41, 5.74) is 1.86. The van der Waals surface area contributed by atoms with E-state index in [2.05, 4.69) is 0 Å². The summed E-state index contributed by atoms with van der Waals surface area (Å²) in [7, 11) is 0. The van der Waals surface area contributed by atoms with E-state index >= 15 is 0 Å². The summed E-state index contributed by atoms with van der Waals surface area (Å²) >= 11 is 0. The van der Waals surface area contributed by atoms with E-state index in [0.29, 0.717) is 0 Å². The van der Waals surface area contributed by atoms with E-state index in [1.54, 1.807) is 4.90 Å². The van der Waals surface area contributed by atoms with E-state index in [1.165, 1.54) is 13.8 Å². The predicted molar refractivity (Wildman–Crippen MR) is 117 cm³/mol. The summed E-state index contributed by atoms with van der Waals surface area (Å²) in [6.45, 7) is 3.16. The third-order valence-corrected chi connectivity index (χ3v) is 5.78. The number of ether oxygens (including phenoxy) is 4. The molecule has 2 saturated heterocycles. The Morgan fingerprint density at radius 3 is 1.91 bits per heavy atom. The van der Waals surface area contributed by atoms with Gasteiger partial charge in [-0.3, -0.25) is 14.4 Å². The molecule has 174 valence electrons. The molecule has 0 N–H and O–H groups in total. The van der Waals surface area contributed by atoms with Gasteiger partial charge in [-0.1, -0.05) is 60.7 Å². The number of carbonyl (C=O) groups excluding carboxylic acids is 3. The van der Waals surface area contributed by atoms with Crippen LogP contribution in [0.3, 0.4) is 0 Å². The van der Waals surface area contributed by atoms with Crippen LogP contribution in [0.15, 0.2) is 60.7 Å². The highest BCUT2D eigenvalue weighted by Gasteiger charge is 2.61. The summed E-state index contributed by atoms with van der Waals surface area (Å²) in [5.74, 6) is -1.31. The van der Waals surface area contributed by atoms with Gasteiger partial charge < -0.3 is 23.8 Å². The van der Waals surface area contributed by atoms with E-state index in [4.69, 9.17) is 18.9 Å². The number of hydrogen-bond acceptors (Lipinski definition) is 7. The molecule has 8 heteroatoms. The van der Waals surface area contributed by atoms with Crippen LogP contribution in [0.2, 0.25) is 0 Å². The first-order chi connectivity index (χ1) is 15.9. The molecule has 1 amide bonds. The third-order valence-electron chi connectivity index (χ3n) is 5.78. The van der Waals surface area contributed by atoms with E-state index in [0.717, 1.165) is 11.1 Å². The van der Waals surface area contributed by atoms with Gasteiger partial charge in [0.15, 0.2) is 18.3 Å². The second kappa shape index (κ2) is 10.1. The largest absolute Gasteiger partial charge is 0.457 e. The Hall–Kier alpha value is -3.23. The average Bonchev–Trinajstić information content (AvgIpc) is 3.26. The maximum Gasteiger partial charge on any atom is 0.303 e. The molecule has 0 radical (unpaired) electrons. The molecule has 4 rings (SSSR count). The molecule has 2 fully saturated rings. The fraction of sp³-hybridized carbons (Fsp3) is 0.400. The molecule has 0 aliphatic carbocycles. The van der Waals surface area contributed by atoms with Crippen molar-refractivity contribution in [1.29, 1.82) is 0 Å². The van der Waals surface area contributed by atoms with Gasteiger partial charge in [-0.05, 0) is 11.1 Å². The van der Waals surface area contributed by atoms with Crippen LogP contribution in [-0.2, 0) is 46.5 Å². The summed E-state index contributed by atoms with van der Waals surface area (Å²) < 4.78 is 23.2. The van der Waals surface area contributed by atoms with Crippen molar-refractivity contribution in [3.63, 3.8) is 0 Å². The average molecular weight is 453 g/mol. The summed E-state index contributed by atoms with van der Waals surface area (Å²) in [6.07, 6.45) is -3.21. The first kappa shape index (κ1) is 22.9. The van der Waals surface area contributed by atoms with Crippen LogP contribution >= 0.6 is 0 Å². The van der Waals surface area contributed by atoms with Crippen LogP contribution in [0, 0.1) is 0 Å². The zero-order valence-electron chi connectivity index (χ0n) is 18.6. The monoisotopic (exact) mass is 453 g/mol. The van der Waals surface area contributed by atoms with Crippen molar-refractivity contribution in [3.05, 3.63) is 71.8 Å². The second-order valence-electron chi connectivity index (χ2n) is 8.18. The molecule has 0 spiro atoms. The highest BCUT2D eigenvalue weighted by molar-refractivity contribution is 5.86. The van der Waals surface area contributed by atoms with Crippen molar-refractivity contribution in [2.24, 2.45) is 0 Å². The molecule has 0 aromatic heterocycles. The number of fused-ring (bicyclic) bond motifs is 1. The Morgan fingerprint density at radius 1 is 0.818 bits per heavy atom. The zero-order valence-corrected chi connectivity index (χ0v) is 18.6. The number of nitrogens with zero attached hydrogens (tertiary/aromatic N) is 1. The minimum absolute atomic E-state index is 0.109. The molecule has 0 saturated carbocycles. The number of rotatable bonds is 8. The maximum absolute atomic E-state index is 13.3. The minimum Gasteiger partial charge on any atom is -0.457 e. The lowest BCUT2D eigenvalue weighted by molar-refractivity contribution is -0.167. The molecular weight excluding hydrogens is 426 g/mol. The number of esters is 2.